The molecule has 0 radical (unpaired) electrons. The van der Waals surface area contributed by atoms with Crippen LogP contribution in [0.2, 0.25) is 0 Å². The van der Waals surface area contributed by atoms with Crippen LogP contribution in [0.25, 0.3) is 0 Å². The SMILES string of the molecule is C[C@@H]1CCCCN1c1cc(N2CCCC[C@H]2C)c([N+](=O)[O-])cc1/C=N\N=C(N)N[N+](=O)[O-]. The quantitative estimate of drug-likeness (QED) is 0.292. The average molecular weight is 447 g/mol. The maximum atomic E-state index is 12.0. The molecule has 2 aliphatic rings. The zero-order valence-corrected chi connectivity index (χ0v) is 18.4. The van der Waals surface area contributed by atoms with Crippen molar-refractivity contribution in [2.45, 2.75) is 64.5 Å². The van der Waals surface area contributed by atoms with Crippen LogP contribution in [0.4, 0.5) is 17.1 Å². The summed E-state index contributed by atoms with van der Waals surface area (Å²) in [5.74, 6) is -0.479. The maximum Gasteiger partial charge on any atom is 0.293 e. The van der Waals surface area contributed by atoms with E-state index in [2.05, 4.69) is 33.9 Å². The Bertz CT molecular complexity index is 919. The molecule has 0 spiro atoms. The zero-order valence-electron chi connectivity index (χ0n) is 18.4. The van der Waals surface area contributed by atoms with E-state index in [9.17, 15) is 20.2 Å². The van der Waals surface area contributed by atoms with Crippen molar-refractivity contribution >= 4 is 29.2 Å². The van der Waals surface area contributed by atoms with Crippen molar-refractivity contribution in [1.29, 1.82) is 0 Å². The first-order chi connectivity index (χ1) is 15.3. The molecule has 3 N–H and O–H groups in total. The lowest BCUT2D eigenvalue weighted by molar-refractivity contribution is -0.525. The van der Waals surface area contributed by atoms with Gasteiger partial charge in [0.15, 0.2) is 5.03 Å². The maximum absolute atomic E-state index is 12.0. The number of rotatable bonds is 6. The van der Waals surface area contributed by atoms with Crippen LogP contribution in [0.3, 0.4) is 0 Å². The number of hydrogen-bond acceptors (Lipinski definition) is 8. The molecular formula is C20H30N8O4. The number of piperidine rings is 2. The Kier molecular flexibility index (Phi) is 7.44. The van der Waals surface area contributed by atoms with Crippen LogP contribution in [0.1, 0.15) is 57.9 Å². The van der Waals surface area contributed by atoms with Crippen LogP contribution in [0.15, 0.2) is 22.3 Å². The summed E-state index contributed by atoms with van der Waals surface area (Å²) in [6.45, 7) is 5.85. The summed E-state index contributed by atoms with van der Waals surface area (Å²) < 4.78 is 0. The van der Waals surface area contributed by atoms with Gasteiger partial charge in [0, 0.05) is 42.5 Å². The molecule has 0 aromatic heterocycles. The predicted octanol–water partition coefficient (Wildman–Crippen LogP) is 2.78. The third-order valence-corrected chi connectivity index (χ3v) is 6.11. The second-order valence-electron chi connectivity index (χ2n) is 8.33. The number of hydrogen-bond donors (Lipinski definition) is 2. The lowest BCUT2D eigenvalue weighted by Crippen LogP contribution is -2.40. The van der Waals surface area contributed by atoms with E-state index in [1.165, 1.54) is 12.3 Å². The fourth-order valence-corrected chi connectivity index (χ4v) is 4.49. The monoisotopic (exact) mass is 446 g/mol. The lowest BCUT2D eigenvalue weighted by atomic mass is 9.98. The predicted molar refractivity (Wildman–Crippen MR) is 124 cm³/mol. The Hall–Kier alpha value is -3.44. The molecule has 2 atom stereocenters. The van der Waals surface area contributed by atoms with Gasteiger partial charge in [-0.2, -0.15) is 5.10 Å². The van der Waals surface area contributed by atoms with Gasteiger partial charge in [-0.05, 0) is 58.4 Å². The van der Waals surface area contributed by atoms with Crippen molar-refractivity contribution in [3.63, 3.8) is 0 Å². The molecule has 1 aromatic carbocycles. The van der Waals surface area contributed by atoms with Crippen molar-refractivity contribution in [3.05, 3.63) is 37.9 Å². The molecule has 1 aromatic rings. The van der Waals surface area contributed by atoms with Gasteiger partial charge in [0.2, 0.25) is 0 Å². The molecule has 0 amide bonds. The van der Waals surface area contributed by atoms with Gasteiger partial charge >= 0.3 is 0 Å². The van der Waals surface area contributed by atoms with Crippen molar-refractivity contribution < 1.29 is 9.96 Å². The van der Waals surface area contributed by atoms with Gasteiger partial charge in [-0.3, -0.25) is 10.1 Å². The van der Waals surface area contributed by atoms with E-state index in [0.717, 1.165) is 57.3 Å². The minimum Gasteiger partial charge on any atom is -0.368 e. The molecule has 0 saturated carbocycles. The summed E-state index contributed by atoms with van der Waals surface area (Å²) in [5.41, 5.74) is 9.12. The number of hydrazine groups is 1. The number of nitrogens with zero attached hydrogens (tertiary/aromatic N) is 6. The molecule has 32 heavy (non-hydrogen) atoms. The van der Waals surface area contributed by atoms with E-state index in [-0.39, 0.29) is 22.7 Å². The number of guanidine groups is 1. The van der Waals surface area contributed by atoms with Gasteiger partial charge < -0.3 is 15.5 Å². The average Bonchev–Trinajstić information content (AvgIpc) is 2.74. The van der Waals surface area contributed by atoms with Crippen LogP contribution < -0.4 is 21.0 Å². The number of anilines is 2. The van der Waals surface area contributed by atoms with Crippen LogP contribution in [-0.2, 0) is 0 Å². The molecular weight excluding hydrogens is 416 g/mol. The van der Waals surface area contributed by atoms with Crippen molar-refractivity contribution in [2.24, 2.45) is 15.9 Å². The first-order valence-electron chi connectivity index (χ1n) is 10.9. The molecule has 12 heteroatoms. The fourth-order valence-electron chi connectivity index (χ4n) is 4.49. The Morgan fingerprint density at radius 3 is 2.19 bits per heavy atom. The highest BCUT2D eigenvalue weighted by Crippen LogP contribution is 2.39. The van der Waals surface area contributed by atoms with E-state index in [4.69, 9.17) is 5.73 Å². The standard InChI is InChI=1S/C20H30N8O4/c1-14-7-3-5-9-25(14)17-12-18(26-10-6-4-8-15(26)2)19(27(29)30)11-16(17)13-22-23-20(21)24-28(31)32/h11-15H,3-10H2,1-2H3,(H3,21,23,24)/b22-13-/t14-,15-/m1/s1. The second kappa shape index (κ2) is 10.2. The Morgan fingerprint density at radius 1 is 1.06 bits per heavy atom. The van der Waals surface area contributed by atoms with E-state index in [1.807, 2.05) is 6.07 Å². The summed E-state index contributed by atoms with van der Waals surface area (Å²) in [6.07, 6.45) is 7.67. The van der Waals surface area contributed by atoms with E-state index < -0.39 is 11.0 Å². The highest BCUT2D eigenvalue weighted by molar-refractivity contribution is 5.92. The number of nitrogens with one attached hydrogen (secondary N) is 1. The lowest BCUT2D eigenvalue weighted by Gasteiger charge is -2.38. The Morgan fingerprint density at radius 2 is 1.66 bits per heavy atom. The molecule has 2 aliphatic heterocycles. The summed E-state index contributed by atoms with van der Waals surface area (Å²) in [6, 6.07) is 3.90. The van der Waals surface area contributed by atoms with Gasteiger partial charge in [-0.25, -0.2) is 10.1 Å². The van der Waals surface area contributed by atoms with Crippen molar-refractivity contribution in [1.82, 2.24) is 5.43 Å². The summed E-state index contributed by atoms with van der Waals surface area (Å²) in [4.78, 5) is 26.4. The van der Waals surface area contributed by atoms with E-state index >= 15 is 0 Å². The molecule has 2 fully saturated rings. The van der Waals surface area contributed by atoms with Gasteiger partial charge in [-0.15, -0.1) is 5.10 Å². The van der Waals surface area contributed by atoms with Crippen LogP contribution in [0, 0.1) is 20.2 Å². The van der Waals surface area contributed by atoms with E-state index in [0.29, 0.717) is 11.3 Å². The number of benzene rings is 1. The largest absolute Gasteiger partial charge is 0.368 e. The molecule has 0 aliphatic carbocycles. The van der Waals surface area contributed by atoms with Crippen molar-refractivity contribution in [3.8, 4) is 0 Å². The molecule has 2 saturated heterocycles. The molecule has 174 valence electrons. The molecule has 12 nitrogen and oxygen atoms in total. The molecule has 3 rings (SSSR count). The molecule has 0 unspecified atom stereocenters. The first-order valence-corrected chi connectivity index (χ1v) is 10.9. The van der Waals surface area contributed by atoms with Gasteiger partial charge in [0.1, 0.15) is 5.69 Å². The third kappa shape index (κ3) is 5.42. The number of nitro benzene ring substituents is 1. The van der Waals surface area contributed by atoms with Crippen LogP contribution in [-0.4, -0.2) is 47.3 Å². The van der Waals surface area contributed by atoms with Gasteiger partial charge in [0.25, 0.3) is 11.6 Å². The minimum absolute atomic E-state index is 0.00832. The van der Waals surface area contributed by atoms with Crippen LogP contribution >= 0.6 is 0 Å². The second-order valence-corrected chi connectivity index (χ2v) is 8.33. The normalized spacial score (nSPS) is 22.2. The molecule has 2 heterocycles. The topological polar surface area (TPSA) is 156 Å². The molecule has 0 bridgehead atoms. The van der Waals surface area contributed by atoms with Crippen LogP contribution in [0.5, 0.6) is 0 Å². The first kappa shape index (κ1) is 23.2. The summed E-state index contributed by atoms with van der Waals surface area (Å²) >= 11 is 0. The highest BCUT2D eigenvalue weighted by Gasteiger charge is 2.30. The van der Waals surface area contributed by atoms with E-state index in [1.54, 1.807) is 5.43 Å². The third-order valence-electron chi connectivity index (χ3n) is 6.11. The summed E-state index contributed by atoms with van der Waals surface area (Å²) in [5, 5.41) is 29.0. The number of nitrogens with two attached hydrogens (primary N) is 1. The zero-order chi connectivity index (χ0) is 23.3. The van der Waals surface area contributed by atoms with Crippen molar-refractivity contribution in [2.75, 3.05) is 22.9 Å². The fraction of sp³-hybridized carbons (Fsp3) is 0.600. The summed E-state index contributed by atoms with van der Waals surface area (Å²) in [7, 11) is 0. The Balaban J connectivity index is 2.08. The smallest absolute Gasteiger partial charge is 0.293 e. The van der Waals surface area contributed by atoms with Gasteiger partial charge in [0.05, 0.1) is 11.1 Å². The number of nitro groups is 2. The highest BCUT2D eigenvalue weighted by atomic mass is 16.7. The minimum atomic E-state index is -0.839. The Labute approximate surface area is 186 Å². The van der Waals surface area contributed by atoms with Gasteiger partial charge in [-0.1, -0.05) is 5.43 Å².